The maximum Gasteiger partial charge on any atom is 0.231 e. The molecule has 2 aliphatic rings. The Balaban J connectivity index is 1.19. The lowest BCUT2D eigenvalue weighted by atomic mass is 10.1. The molecule has 34 heavy (non-hydrogen) atoms. The minimum atomic E-state index is -0.0898. The van der Waals surface area contributed by atoms with Crippen molar-refractivity contribution in [2.45, 2.75) is 20.4 Å². The minimum Gasteiger partial charge on any atom is -0.454 e. The van der Waals surface area contributed by atoms with E-state index >= 15 is 0 Å². The van der Waals surface area contributed by atoms with E-state index in [-0.39, 0.29) is 5.91 Å². The molecule has 176 valence electrons. The Bertz CT molecular complexity index is 1180. The number of nitrogens with zero attached hydrogens (tertiary/aromatic N) is 4. The predicted molar refractivity (Wildman–Crippen MR) is 131 cm³/mol. The fourth-order valence-electron chi connectivity index (χ4n) is 4.09. The van der Waals surface area contributed by atoms with E-state index in [9.17, 15) is 4.79 Å². The molecule has 3 aromatic rings. The van der Waals surface area contributed by atoms with E-state index in [1.165, 1.54) is 12.5 Å². The van der Waals surface area contributed by atoms with Crippen LogP contribution in [-0.2, 0) is 11.3 Å². The Morgan fingerprint density at radius 1 is 1.00 bits per heavy atom. The van der Waals surface area contributed by atoms with Gasteiger partial charge in [0.05, 0.1) is 0 Å². The van der Waals surface area contributed by atoms with Gasteiger partial charge in [0.15, 0.2) is 11.5 Å². The third-order valence-corrected chi connectivity index (χ3v) is 5.93. The molecule has 3 heterocycles. The lowest BCUT2D eigenvalue weighted by Crippen LogP contribution is -2.46. The fourth-order valence-corrected chi connectivity index (χ4v) is 4.09. The van der Waals surface area contributed by atoms with Gasteiger partial charge in [0.2, 0.25) is 18.6 Å². The van der Waals surface area contributed by atoms with Crippen LogP contribution in [0.5, 0.6) is 11.5 Å². The van der Waals surface area contributed by atoms with Gasteiger partial charge in [0.25, 0.3) is 0 Å². The van der Waals surface area contributed by atoms with Crippen molar-refractivity contribution in [3.63, 3.8) is 0 Å². The zero-order valence-electron chi connectivity index (χ0n) is 19.4. The van der Waals surface area contributed by atoms with Crippen molar-refractivity contribution in [1.29, 1.82) is 0 Å². The van der Waals surface area contributed by atoms with Crippen molar-refractivity contribution >= 4 is 29.0 Å². The lowest BCUT2D eigenvalue weighted by molar-refractivity contribution is -0.114. The van der Waals surface area contributed by atoms with Crippen LogP contribution in [0.4, 0.5) is 23.1 Å². The van der Waals surface area contributed by atoms with E-state index in [2.05, 4.69) is 37.6 Å². The monoisotopic (exact) mass is 460 g/mol. The maximum atomic E-state index is 11.2. The molecule has 1 fully saturated rings. The van der Waals surface area contributed by atoms with Crippen LogP contribution < -0.4 is 25.0 Å². The largest absolute Gasteiger partial charge is 0.454 e. The first kappa shape index (κ1) is 22.0. The molecule has 2 N–H and O–H groups in total. The zero-order valence-corrected chi connectivity index (χ0v) is 19.4. The number of rotatable bonds is 6. The number of carbonyl (C=O) groups excluding carboxylic acids is 1. The van der Waals surface area contributed by atoms with Crippen LogP contribution >= 0.6 is 0 Å². The Kier molecular flexibility index (Phi) is 6.18. The van der Waals surface area contributed by atoms with Crippen LogP contribution in [0.2, 0.25) is 0 Å². The van der Waals surface area contributed by atoms with Gasteiger partial charge in [-0.2, -0.15) is 4.98 Å². The van der Waals surface area contributed by atoms with Gasteiger partial charge in [-0.25, -0.2) is 4.98 Å². The van der Waals surface area contributed by atoms with Crippen molar-refractivity contribution in [1.82, 2.24) is 14.9 Å². The highest BCUT2D eigenvalue weighted by Gasteiger charge is 2.21. The topological polar surface area (TPSA) is 91.9 Å². The molecule has 0 radical (unpaired) electrons. The highest BCUT2D eigenvalue weighted by molar-refractivity contribution is 5.88. The summed E-state index contributed by atoms with van der Waals surface area (Å²) in [4.78, 5) is 25.2. The number of carbonyl (C=O) groups is 1. The van der Waals surface area contributed by atoms with Crippen LogP contribution in [0.25, 0.3) is 0 Å². The van der Waals surface area contributed by atoms with Crippen LogP contribution in [0.1, 0.15) is 18.1 Å². The molecule has 0 aliphatic carbocycles. The first-order valence-electron chi connectivity index (χ1n) is 11.4. The van der Waals surface area contributed by atoms with Gasteiger partial charge in [-0.1, -0.05) is 6.07 Å². The Morgan fingerprint density at radius 3 is 2.50 bits per heavy atom. The Morgan fingerprint density at radius 2 is 1.74 bits per heavy atom. The van der Waals surface area contributed by atoms with E-state index < -0.39 is 0 Å². The van der Waals surface area contributed by atoms with Gasteiger partial charge < -0.3 is 25.0 Å². The lowest BCUT2D eigenvalue weighted by Gasteiger charge is -2.35. The molecule has 1 aromatic heterocycles. The quantitative estimate of drug-likeness (QED) is 0.577. The smallest absolute Gasteiger partial charge is 0.231 e. The Labute approximate surface area is 198 Å². The van der Waals surface area contributed by atoms with Crippen LogP contribution in [0, 0.1) is 6.92 Å². The standard InChI is InChI=1S/C25H28N6O3/c1-17-14-26-25(29-24(17)28-21-6-4-20(5-7-21)27-18(2)32)31-11-9-30(10-12-31)15-19-3-8-22-23(13-19)34-16-33-22/h3-8,13-14H,9-12,15-16H2,1-2H3,(H,27,32)(H,26,28,29). The molecule has 0 bridgehead atoms. The summed E-state index contributed by atoms with van der Waals surface area (Å²) in [6.45, 7) is 8.24. The first-order valence-corrected chi connectivity index (χ1v) is 11.4. The molecule has 5 rings (SSSR count). The summed E-state index contributed by atoms with van der Waals surface area (Å²) in [5.74, 6) is 3.06. The van der Waals surface area contributed by atoms with E-state index in [0.29, 0.717) is 6.79 Å². The molecule has 0 spiro atoms. The summed E-state index contributed by atoms with van der Waals surface area (Å²) in [6.07, 6.45) is 1.86. The summed E-state index contributed by atoms with van der Waals surface area (Å²) in [6, 6.07) is 13.7. The number of aromatic nitrogens is 2. The second-order valence-electron chi connectivity index (χ2n) is 8.54. The Hall–Kier alpha value is -3.85. The second kappa shape index (κ2) is 9.56. The molecule has 0 atom stereocenters. The number of anilines is 4. The van der Waals surface area contributed by atoms with Gasteiger partial charge in [-0.3, -0.25) is 9.69 Å². The highest BCUT2D eigenvalue weighted by Crippen LogP contribution is 2.33. The van der Waals surface area contributed by atoms with E-state index in [1.54, 1.807) is 0 Å². The third kappa shape index (κ3) is 5.04. The van der Waals surface area contributed by atoms with Crippen molar-refractivity contribution < 1.29 is 14.3 Å². The van der Waals surface area contributed by atoms with Crippen LogP contribution in [-0.4, -0.2) is 53.7 Å². The number of piperazine rings is 1. The number of aryl methyl sites for hydroxylation is 1. The highest BCUT2D eigenvalue weighted by atomic mass is 16.7. The number of nitrogens with one attached hydrogen (secondary N) is 2. The number of hydrogen-bond donors (Lipinski definition) is 2. The van der Waals surface area contributed by atoms with Gasteiger partial charge in [0, 0.05) is 62.8 Å². The number of ether oxygens (including phenoxy) is 2. The number of hydrogen-bond acceptors (Lipinski definition) is 8. The SMILES string of the molecule is CC(=O)Nc1ccc(Nc2nc(N3CCN(Cc4ccc5c(c4)OCO5)CC3)ncc2C)cc1. The second-order valence-corrected chi connectivity index (χ2v) is 8.54. The summed E-state index contributed by atoms with van der Waals surface area (Å²) in [7, 11) is 0. The molecule has 2 aliphatic heterocycles. The third-order valence-electron chi connectivity index (χ3n) is 5.93. The summed E-state index contributed by atoms with van der Waals surface area (Å²) in [5, 5.41) is 6.15. The molecule has 0 saturated carbocycles. The van der Waals surface area contributed by atoms with Crippen molar-refractivity contribution in [3.8, 4) is 11.5 Å². The average Bonchev–Trinajstić information content (AvgIpc) is 3.30. The minimum absolute atomic E-state index is 0.0898. The maximum absolute atomic E-state index is 11.2. The first-order chi connectivity index (χ1) is 16.5. The molecular weight excluding hydrogens is 432 g/mol. The molecule has 9 heteroatoms. The molecular formula is C25H28N6O3. The molecule has 0 unspecified atom stereocenters. The van der Waals surface area contributed by atoms with E-state index in [1.807, 2.05) is 43.5 Å². The number of benzene rings is 2. The molecule has 9 nitrogen and oxygen atoms in total. The van der Waals surface area contributed by atoms with Crippen LogP contribution in [0.15, 0.2) is 48.7 Å². The van der Waals surface area contributed by atoms with Gasteiger partial charge in [-0.05, 0) is 48.9 Å². The van der Waals surface area contributed by atoms with E-state index in [4.69, 9.17) is 14.5 Å². The van der Waals surface area contributed by atoms with E-state index in [0.717, 1.165) is 72.9 Å². The number of fused-ring (bicyclic) bond motifs is 1. The average molecular weight is 461 g/mol. The van der Waals surface area contributed by atoms with Crippen molar-refractivity contribution in [3.05, 3.63) is 59.8 Å². The predicted octanol–water partition coefficient (Wildman–Crippen LogP) is 3.54. The fraction of sp³-hybridized carbons (Fsp3) is 0.320. The summed E-state index contributed by atoms with van der Waals surface area (Å²) < 4.78 is 10.9. The summed E-state index contributed by atoms with van der Waals surface area (Å²) in [5.41, 5.74) is 3.85. The van der Waals surface area contributed by atoms with Gasteiger partial charge in [0.1, 0.15) is 5.82 Å². The summed E-state index contributed by atoms with van der Waals surface area (Å²) >= 11 is 0. The van der Waals surface area contributed by atoms with Crippen molar-refractivity contribution in [2.24, 2.45) is 0 Å². The normalized spacial score (nSPS) is 15.3. The van der Waals surface area contributed by atoms with Crippen LogP contribution in [0.3, 0.4) is 0 Å². The van der Waals surface area contributed by atoms with Gasteiger partial charge >= 0.3 is 0 Å². The number of amides is 1. The van der Waals surface area contributed by atoms with Crippen molar-refractivity contribution in [2.75, 3.05) is 48.5 Å². The molecule has 1 amide bonds. The zero-order chi connectivity index (χ0) is 23.5. The molecule has 2 aromatic carbocycles. The molecule has 1 saturated heterocycles. The van der Waals surface area contributed by atoms with Gasteiger partial charge in [-0.15, -0.1) is 0 Å².